The highest BCUT2D eigenvalue weighted by molar-refractivity contribution is 5.78. The molecule has 0 radical (unpaired) electrons. The molecule has 1 atom stereocenters. The van der Waals surface area contributed by atoms with Crippen molar-refractivity contribution in [3.8, 4) is 22.5 Å². The van der Waals surface area contributed by atoms with Crippen LogP contribution in [0.5, 0.6) is 0 Å². The molecule has 1 saturated heterocycles. The van der Waals surface area contributed by atoms with Gasteiger partial charge in [0.15, 0.2) is 0 Å². The predicted molar refractivity (Wildman–Crippen MR) is 121 cm³/mol. The molecule has 2 N–H and O–H groups in total. The van der Waals surface area contributed by atoms with E-state index in [2.05, 4.69) is 29.2 Å². The molecule has 3 aromatic rings. The van der Waals surface area contributed by atoms with Crippen LogP contribution in [-0.4, -0.2) is 29.0 Å². The van der Waals surface area contributed by atoms with Gasteiger partial charge in [-0.1, -0.05) is 67.6 Å². The largest absolute Gasteiger partial charge is 0.369 e. The number of amides is 1. The second-order valence-electron chi connectivity index (χ2n) is 8.13. The van der Waals surface area contributed by atoms with E-state index in [1.807, 2.05) is 49.5 Å². The molecule has 0 bridgehead atoms. The highest BCUT2D eigenvalue weighted by Crippen LogP contribution is 2.32. The third-order valence-corrected chi connectivity index (χ3v) is 5.97. The number of nitrogens with two attached hydrogens (primary N) is 1. The number of carbonyl (C=O) groups excluding carboxylic acids is 1. The van der Waals surface area contributed by atoms with Crippen LogP contribution in [0.4, 0.5) is 5.82 Å². The number of anilines is 1. The van der Waals surface area contributed by atoms with Crippen LogP contribution in [-0.2, 0) is 4.79 Å². The molecule has 5 heteroatoms. The molecule has 1 amide bonds. The molecular weight excluding hydrogens is 372 g/mol. The van der Waals surface area contributed by atoms with Gasteiger partial charge in [-0.2, -0.15) is 0 Å². The summed E-state index contributed by atoms with van der Waals surface area (Å²) >= 11 is 0. The van der Waals surface area contributed by atoms with Crippen LogP contribution in [0.2, 0.25) is 0 Å². The van der Waals surface area contributed by atoms with Gasteiger partial charge in [0.25, 0.3) is 0 Å². The van der Waals surface area contributed by atoms with Gasteiger partial charge >= 0.3 is 0 Å². The van der Waals surface area contributed by atoms with Crippen molar-refractivity contribution in [3.63, 3.8) is 0 Å². The van der Waals surface area contributed by atoms with Gasteiger partial charge in [0.2, 0.25) is 5.91 Å². The van der Waals surface area contributed by atoms with Crippen molar-refractivity contribution in [2.75, 3.05) is 18.0 Å². The van der Waals surface area contributed by atoms with Crippen molar-refractivity contribution in [2.45, 2.75) is 26.2 Å². The highest BCUT2D eigenvalue weighted by Gasteiger charge is 2.24. The Morgan fingerprint density at radius 2 is 1.57 bits per heavy atom. The second kappa shape index (κ2) is 9.08. The number of hydrogen-bond acceptors (Lipinski definition) is 4. The fraction of sp³-hybridized carbons (Fsp3) is 0.320. The monoisotopic (exact) mass is 400 g/mol. The molecule has 0 saturated carbocycles. The van der Waals surface area contributed by atoms with E-state index in [1.165, 1.54) is 0 Å². The molecular formula is C25H28N4O. The van der Waals surface area contributed by atoms with Crippen LogP contribution in [0.25, 0.3) is 22.5 Å². The van der Waals surface area contributed by atoms with Gasteiger partial charge in [0, 0.05) is 30.1 Å². The van der Waals surface area contributed by atoms with E-state index in [1.54, 1.807) is 0 Å². The zero-order chi connectivity index (χ0) is 20.9. The lowest BCUT2D eigenvalue weighted by Crippen LogP contribution is -2.35. The van der Waals surface area contributed by atoms with E-state index in [0.717, 1.165) is 60.7 Å². The number of carbonyl (C=O) groups is 1. The Balaban J connectivity index is 1.58. The molecule has 2 aromatic carbocycles. The lowest BCUT2D eigenvalue weighted by molar-refractivity contribution is -0.121. The molecule has 5 nitrogen and oxygen atoms in total. The molecule has 1 aliphatic rings. The number of rotatable bonds is 6. The van der Waals surface area contributed by atoms with E-state index < -0.39 is 0 Å². The van der Waals surface area contributed by atoms with Gasteiger partial charge in [-0.05, 0) is 25.2 Å². The zero-order valence-corrected chi connectivity index (χ0v) is 17.4. The summed E-state index contributed by atoms with van der Waals surface area (Å²) in [6, 6.07) is 20.4. The third-order valence-electron chi connectivity index (χ3n) is 5.97. The maximum atomic E-state index is 11.4. The van der Waals surface area contributed by atoms with Gasteiger partial charge in [0.05, 0.1) is 17.6 Å². The number of nitrogens with zero attached hydrogens (tertiary/aromatic N) is 3. The van der Waals surface area contributed by atoms with Crippen molar-refractivity contribution in [3.05, 3.63) is 66.9 Å². The minimum absolute atomic E-state index is 0.0591. The van der Waals surface area contributed by atoms with E-state index in [4.69, 9.17) is 15.7 Å². The van der Waals surface area contributed by atoms with Crippen LogP contribution in [0.1, 0.15) is 26.2 Å². The molecule has 1 fully saturated rings. The first-order valence-electron chi connectivity index (χ1n) is 10.6. The normalized spacial score (nSPS) is 15.7. The topological polar surface area (TPSA) is 72.1 Å². The first kappa shape index (κ1) is 20.1. The Hall–Kier alpha value is -3.21. The predicted octanol–water partition coefficient (Wildman–Crippen LogP) is 4.54. The van der Waals surface area contributed by atoms with Crippen molar-refractivity contribution in [1.82, 2.24) is 9.97 Å². The number of hydrogen-bond donors (Lipinski definition) is 1. The summed E-state index contributed by atoms with van der Waals surface area (Å²) in [5, 5.41) is 0. The summed E-state index contributed by atoms with van der Waals surface area (Å²) in [7, 11) is 0. The average Bonchev–Trinajstić information content (AvgIpc) is 2.80. The van der Waals surface area contributed by atoms with E-state index in [9.17, 15) is 4.79 Å². The Morgan fingerprint density at radius 1 is 1.00 bits per heavy atom. The van der Waals surface area contributed by atoms with Crippen LogP contribution in [0.15, 0.2) is 66.9 Å². The maximum Gasteiger partial charge on any atom is 0.220 e. The molecule has 4 rings (SSSR count). The fourth-order valence-corrected chi connectivity index (χ4v) is 4.15. The molecule has 0 aliphatic carbocycles. The van der Waals surface area contributed by atoms with Gasteiger partial charge in [-0.25, -0.2) is 4.98 Å². The van der Waals surface area contributed by atoms with E-state index in [0.29, 0.717) is 5.92 Å². The highest BCUT2D eigenvalue weighted by atomic mass is 16.1. The lowest BCUT2D eigenvalue weighted by Gasteiger charge is -2.33. The van der Waals surface area contributed by atoms with E-state index in [-0.39, 0.29) is 11.8 Å². The standard InChI is InChI=1S/C25H28N4O/c1-18(25(26)30)16-19-12-14-29(15-13-19)22-17-27-23(20-8-4-2-5-9-20)24(28-22)21-10-6-3-7-11-21/h2-11,17-19H,12-16H2,1H3,(H2,26,30). The summed E-state index contributed by atoms with van der Waals surface area (Å²) in [4.78, 5) is 23.6. The zero-order valence-electron chi connectivity index (χ0n) is 17.4. The van der Waals surface area contributed by atoms with Crippen LogP contribution in [0, 0.1) is 11.8 Å². The third kappa shape index (κ3) is 4.51. The first-order chi connectivity index (χ1) is 14.6. The Bertz CT molecular complexity index is 983. The maximum absolute atomic E-state index is 11.4. The summed E-state index contributed by atoms with van der Waals surface area (Å²) in [5.41, 5.74) is 9.37. The Labute approximate surface area is 178 Å². The number of primary amides is 1. The van der Waals surface area contributed by atoms with Gasteiger partial charge in [-0.3, -0.25) is 9.78 Å². The van der Waals surface area contributed by atoms with Crippen molar-refractivity contribution >= 4 is 11.7 Å². The van der Waals surface area contributed by atoms with Crippen molar-refractivity contribution < 1.29 is 4.79 Å². The number of benzene rings is 2. The van der Waals surface area contributed by atoms with Gasteiger partial charge in [0.1, 0.15) is 5.82 Å². The SMILES string of the molecule is CC(CC1CCN(c2cnc(-c3ccccc3)c(-c3ccccc3)n2)CC1)C(N)=O. The van der Waals surface area contributed by atoms with Crippen LogP contribution in [0.3, 0.4) is 0 Å². The molecule has 0 spiro atoms. The quantitative estimate of drug-likeness (QED) is 0.659. The second-order valence-corrected chi connectivity index (χ2v) is 8.13. The fourth-order valence-electron chi connectivity index (χ4n) is 4.15. The summed E-state index contributed by atoms with van der Waals surface area (Å²) in [6.07, 6.45) is 4.85. The summed E-state index contributed by atoms with van der Waals surface area (Å²) in [6.45, 7) is 3.77. The summed E-state index contributed by atoms with van der Waals surface area (Å²) < 4.78 is 0. The van der Waals surface area contributed by atoms with Crippen molar-refractivity contribution in [2.24, 2.45) is 17.6 Å². The Kier molecular flexibility index (Phi) is 6.07. The average molecular weight is 401 g/mol. The first-order valence-corrected chi connectivity index (χ1v) is 10.6. The number of aromatic nitrogens is 2. The number of piperidine rings is 1. The minimum Gasteiger partial charge on any atom is -0.369 e. The molecule has 1 aliphatic heterocycles. The molecule has 2 heterocycles. The van der Waals surface area contributed by atoms with Crippen LogP contribution >= 0.6 is 0 Å². The smallest absolute Gasteiger partial charge is 0.220 e. The minimum atomic E-state index is -0.202. The van der Waals surface area contributed by atoms with Gasteiger partial charge < -0.3 is 10.6 Å². The molecule has 1 unspecified atom stereocenters. The van der Waals surface area contributed by atoms with Crippen LogP contribution < -0.4 is 10.6 Å². The summed E-state index contributed by atoms with van der Waals surface area (Å²) in [5.74, 6) is 1.19. The molecule has 30 heavy (non-hydrogen) atoms. The lowest BCUT2D eigenvalue weighted by atomic mass is 9.87. The molecule has 154 valence electrons. The van der Waals surface area contributed by atoms with Gasteiger partial charge in [-0.15, -0.1) is 0 Å². The Morgan fingerprint density at radius 3 is 2.13 bits per heavy atom. The van der Waals surface area contributed by atoms with E-state index >= 15 is 0 Å². The molecule has 1 aromatic heterocycles. The van der Waals surface area contributed by atoms with Crippen molar-refractivity contribution in [1.29, 1.82) is 0 Å².